The maximum absolute atomic E-state index is 13.0. The van der Waals surface area contributed by atoms with E-state index in [2.05, 4.69) is 46.2 Å². The van der Waals surface area contributed by atoms with Crippen LogP contribution in [0.15, 0.2) is 18.5 Å². The lowest BCUT2D eigenvalue weighted by atomic mass is 9.85. The van der Waals surface area contributed by atoms with Gasteiger partial charge >= 0.3 is 0 Å². The predicted octanol–water partition coefficient (Wildman–Crippen LogP) is 4.69. The van der Waals surface area contributed by atoms with Gasteiger partial charge in [-0.1, -0.05) is 19.6 Å². The highest BCUT2D eigenvalue weighted by molar-refractivity contribution is 6.76. The molecule has 190 valence electrons. The first-order chi connectivity index (χ1) is 16.8. The summed E-state index contributed by atoms with van der Waals surface area (Å²) in [5, 5.41) is 9.71. The normalized spacial score (nSPS) is 20.8. The van der Waals surface area contributed by atoms with Crippen LogP contribution in [0.4, 0.5) is 5.69 Å². The Morgan fingerprint density at radius 2 is 1.94 bits per heavy atom. The molecule has 9 heteroatoms. The van der Waals surface area contributed by atoms with Crippen molar-refractivity contribution in [3.63, 3.8) is 0 Å². The number of rotatable bonds is 10. The minimum Gasteiger partial charge on any atom is -0.380 e. The molecule has 3 heterocycles. The molecule has 4 rings (SSSR count). The largest absolute Gasteiger partial charge is 0.380 e. The van der Waals surface area contributed by atoms with E-state index in [1.807, 2.05) is 13.2 Å². The molecule has 8 nitrogen and oxygen atoms in total. The van der Waals surface area contributed by atoms with Gasteiger partial charge in [0.05, 0.1) is 37.0 Å². The summed E-state index contributed by atoms with van der Waals surface area (Å²) in [7, 11) is 0.739. The van der Waals surface area contributed by atoms with Crippen molar-refractivity contribution in [3.8, 4) is 6.07 Å². The molecule has 1 amide bonds. The number of anilines is 1. The van der Waals surface area contributed by atoms with Gasteiger partial charge in [-0.05, 0) is 43.7 Å². The number of nitriles is 1. The molecular weight excluding hydrogens is 458 g/mol. The van der Waals surface area contributed by atoms with Crippen molar-refractivity contribution >= 4 is 30.7 Å². The lowest BCUT2D eigenvalue weighted by Crippen LogP contribution is -2.50. The summed E-state index contributed by atoms with van der Waals surface area (Å²) < 4.78 is 13.7. The monoisotopic (exact) mass is 497 g/mol. The van der Waals surface area contributed by atoms with Crippen molar-refractivity contribution in [2.24, 2.45) is 5.92 Å². The average molecular weight is 498 g/mol. The molecule has 0 radical (unpaired) electrons. The Morgan fingerprint density at radius 3 is 2.66 bits per heavy atom. The molecule has 0 unspecified atom stereocenters. The van der Waals surface area contributed by atoms with Crippen LogP contribution in [-0.4, -0.2) is 68.0 Å². The third-order valence-corrected chi connectivity index (χ3v) is 8.89. The molecule has 1 saturated carbocycles. The van der Waals surface area contributed by atoms with Crippen molar-refractivity contribution in [3.05, 3.63) is 24.0 Å². The van der Waals surface area contributed by atoms with E-state index in [0.717, 1.165) is 61.7 Å². The van der Waals surface area contributed by atoms with Crippen molar-refractivity contribution in [1.29, 1.82) is 5.26 Å². The number of carbonyl (C=O) groups is 1. The van der Waals surface area contributed by atoms with Crippen LogP contribution in [0.1, 0.15) is 42.5 Å². The molecule has 35 heavy (non-hydrogen) atoms. The third-order valence-electron chi connectivity index (χ3n) is 7.18. The topological polar surface area (TPSA) is 83.6 Å². The highest BCUT2D eigenvalue weighted by Crippen LogP contribution is 2.39. The summed E-state index contributed by atoms with van der Waals surface area (Å²) in [6.07, 6.45) is 8.56. The molecule has 0 aromatic carbocycles. The number of amides is 1. The maximum atomic E-state index is 13.0. The first-order valence-corrected chi connectivity index (χ1v) is 16.5. The van der Waals surface area contributed by atoms with E-state index in [1.165, 1.54) is 0 Å². The van der Waals surface area contributed by atoms with E-state index < -0.39 is 8.07 Å². The van der Waals surface area contributed by atoms with Crippen molar-refractivity contribution < 1.29 is 14.3 Å². The highest BCUT2D eigenvalue weighted by Gasteiger charge is 2.35. The first-order valence-electron chi connectivity index (χ1n) is 12.8. The Hall–Kier alpha value is -2.41. The van der Waals surface area contributed by atoms with Gasteiger partial charge in [-0.25, -0.2) is 4.98 Å². The number of fused-ring (bicyclic) bond motifs is 3. The smallest absolute Gasteiger partial charge is 0.258 e. The second kappa shape index (κ2) is 11.1. The number of hydrogen-bond donors (Lipinski definition) is 0. The molecule has 1 fully saturated rings. The van der Waals surface area contributed by atoms with Gasteiger partial charge < -0.3 is 23.8 Å². The third kappa shape index (κ3) is 6.05. The summed E-state index contributed by atoms with van der Waals surface area (Å²) in [6.45, 7) is 10.2. The van der Waals surface area contributed by atoms with Gasteiger partial charge in [0, 0.05) is 52.2 Å². The van der Waals surface area contributed by atoms with E-state index in [9.17, 15) is 4.79 Å². The Balaban J connectivity index is 1.49. The zero-order valence-corrected chi connectivity index (χ0v) is 22.6. The summed E-state index contributed by atoms with van der Waals surface area (Å²) in [4.78, 5) is 21.9. The van der Waals surface area contributed by atoms with Gasteiger partial charge in [0.25, 0.3) is 5.91 Å². The van der Waals surface area contributed by atoms with Crippen LogP contribution in [0, 0.1) is 17.2 Å². The van der Waals surface area contributed by atoms with Crippen molar-refractivity contribution in [2.45, 2.75) is 70.6 Å². The first kappa shape index (κ1) is 25.7. The van der Waals surface area contributed by atoms with E-state index >= 15 is 0 Å². The van der Waals surface area contributed by atoms with Gasteiger partial charge in [-0.3, -0.25) is 4.79 Å². The van der Waals surface area contributed by atoms with E-state index in [1.54, 1.807) is 11.1 Å². The number of carbonyl (C=O) groups excluding carboxylic acids is 1. The molecule has 0 atom stereocenters. The number of nitrogens with zero attached hydrogens (tertiary/aromatic N) is 5. The summed E-state index contributed by atoms with van der Waals surface area (Å²) in [6, 6.07) is 5.73. The van der Waals surface area contributed by atoms with Gasteiger partial charge in [0.1, 0.15) is 12.4 Å². The van der Waals surface area contributed by atoms with Crippen LogP contribution >= 0.6 is 0 Å². The van der Waals surface area contributed by atoms with Gasteiger partial charge in [0.2, 0.25) is 0 Å². The summed E-state index contributed by atoms with van der Waals surface area (Å²) in [5.74, 6) is 0.574. The van der Waals surface area contributed by atoms with Gasteiger partial charge in [-0.2, -0.15) is 5.26 Å². The van der Waals surface area contributed by atoms with E-state index in [0.29, 0.717) is 44.0 Å². The predicted molar refractivity (Wildman–Crippen MR) is 140 cm³/mol. The molecule has 0 saturated heterocycles. The Bertz CT molecular complexity index is 1070. The summed E-state index contributed by atoms with van der Waals surface area (Å²) in [5.41, 5.74) is 2.58. The van der Waals surface area contributed by atoms with Crippen LogP contribution in [0.2, 0.25) is 25.7 Å². The molecule has 1 aliphatic heterocycles. The van der Waals surface area contributed by atoms with Crippen LogP contribution in [0.5, 0.6) is 0 Å². The molecule has 0 bridgehead atoms. The number of pyridine rings is 1. The quantitative estimate of drug-likeness (QED) is 0.350. The van der Waals surface area contributed by atoms with E-state index in [4.69, 9.17) is 14.7 Å². The number of aromatic nitrogens is 2. The lowest BCUT2D eigenvalue weighted by Gasteiger charge is -2.43. The average Bonchev–Trinajstić information content (AvgIpc) is 3.25. The van der Waals surface area contributed by atoms with E-state index in [-0.39, 0.29) is 5.91 Å². The number of ether oxygens (including phenoxy) is 2. The molecule has 0 spiro atoms. The minimum atomic E-state index is -1.13. The number of hydrogen-bond acceptors (Lipinski definition) is 6. The molecule has 1 aliphatic carbocycles. The summed E-state index contributed by atoms with van der Waals surface area (Å²) >= 11 is 0. The zero-order valence-electron chi connectivity index (χ0n) is 21.6. The highest BCUT2D eigenvalue weighted by atomic mass is 28.3. The van der Waals surface area contributed by atoms with Crippen molar-refractivity contribution in [2.75, 3.05) is 38.4 Å². The standard InChI is InChI=1S/C26H39N5O3Si/c1-29-18-31(21-8-6-20(7-9-21)17-33-13-5-11-27)24-22-10-12-30(19-34-14-15-35(2,3)4)25(22)28-16-23(24)26(29)32/h10,12,16,20-21H,5-9,13-15,17-19H2,1-4H3/t20-,21-. The minimum absolute atomic E-state index is 0.0318. The SMILES string of the molecule is CN1CN([C@H]2CC[C@H](COCCC#N)CC2)c2c(cnc3c2ccn3COCC[Si](C)(C)C)C1=O. The van der Waals surface area contributed by atoms with Gasteiger partial charge in [-0.15, -0.1) is 0 Å². The van der Waals surface area contributed by atoms with Gasteiger partial charge in [0.15, 0.2) is 0 Å². The molecule has 2 aromatic heterocycles. The second-order valence-corrected chi connectivity index (χ2v) is 16.8. The molecule has 2 aromatic rings. The Labute approximate surface area is 209 Å². The molecule has 0 N–H and O–H groups in total. The zero-order chi connectivity index (χ0) is 25.0. The molecular formula is C26H39N5O3Si. The fourth-order valence-corrected chi connectivity index (χ4v) is 5.85. The molecule has 2 aliphatic rings. The fourth-order valence-electron chi connectivity index (χ4n) is 5.09. The van der Waals surface area contributed by atoms with Crippen LogP contribution in [0.25, 0.3) is 11.0 Å². The fraction of sp³-hybridized carbons (Fsp3) is 0.654. The maximum Gasteiger partial charge on any atom is 0.258 e. The second-order valence-electron chi connectivity index (χ2n) is 11.2. The van der Waals surface area contributed by atoms with Crippen LogP contribution in [-0.2, 0) is 16.2 Å². The van der Waals surface area contributed by atoms with Crippen LogP contribution in [0.3, 0.4) is 0 Å². The Morgan fingerprint density at radius 1 is 1.17 bits per heavy atom. The van der Waals surface area contributed by atoms with Crippen molar-refractivity contribution in [1.82, 2.24) is 14.5 Å². The Kier molecular flexibility index (Phi) is 8.15. The lowest BCUT2D eigenvalue weighted by molar-refractivity contribution is 0.0755. The van der Waals surface area contributed by atoms with Crippen LogP contribution < -0.4 is 4.90 Å².